The van der Waals surface area contributed by atoms with E-state index in [0.717, 1.165) is 21.7 Å². The molecule has 14 nitrogen and oxygen atoms in total. The van der Waals surface area contributed by atoms with Gasteiger partial charge in [0.2, 0.25) is 17.7 Å². The first-order chi connectivity index (χ1) is 25.7. The summed E-state index contributed by atoms with van der Waals surface area (Å²) in [5, 5.41) is 35.2. The van der Waals surface area contributed by atoms with Crippen molar-refractivity contribution in [1.82, 2.24) is 35.6 Å². The number of nitrogens with one attached hydrogen (secondary N) is 2. The van der Waals surface area contributed by atoms with Crippen LogP contribution >= 0.6 is 11.3 Å². The molecule has 0 bridgehead atoms. The molecule has 2 fully saturated rings. The van der Waals surface area contributed by atoms with Crippen molar-refractivity contribution in [3.8, 4) is 27.4 Å². The number of amides is 3. The molecular weight excluding hydrogens is 707 g/mol. The minimum atomic E-state index is -0.928. The van der Waals surface area contributed by atoms with E-state index < -0.39 is 29.5 Å². The molecule has 4 atom stereocenters. The lowest BCUT2D eigenvalue weighted by Gasteiger charge is -2.38. The third kappa shape index (κ3) is 8.64. The lowest BCUT2D eigenvalue weighted by molar-refractivity contribution is -0.144. The van der Waals surface area contributed by atoms with Crippen LogP contribution in [0.4, 0.5) is 11.5 Å². The number of para-hydroxylation sites is 1. The van der Waals surface area contributed by atoms with Gasteiger partial charge in [-0.15, -0.1) is 21.5 Å². The van der Waals surface area contributed by atoms with E-state index in [9.17, 15) is 24.6 Å². The second kappa shape index (κ2) is 16.1. The highest BCUT2D eigenvalue weighted by atomic mass is 32.1. The van der Waals surface area contributed by atoms with Gasteiger partial charge in [-0.2, -0.15) is 0 Å². The highest BCUT2D eigenvalue weighted by Gasteiger charge is 2.45. The predicted molar refractivity (Wildman–Crippen MR) is 209 cm³/mol. The zero-order valence-electron chi connectivity index (χ0n) is 31.3. The van der Waals surface area contributed by atoms with Crippen LogP contribution in [-0.2, 0) is 14.4 Å². The van der Waals surface area contributed by atoms with Gasteiger partial charge in [0.1, 0.15) is 17.8 Å². The van der Waals surface area contributed by atoms with E-state index >= 15 is 0 Å². The molecule has 1 unspecified atom stereocenters. The summed E-state index contributed by atoms with van der Waals surface area (Å²) >= 11 is 1.58. The molecule has 15 heteroatoms. The number of nitrogen functional groups attached to an aromatic ring is 1. The Labute approximate surface area is 319 Å². The van der Waals surface area contributed by atoms with Gasteiger partial charge in [-0.05, 0) is 48.6 Å². The van der Waals surface area contributed by atoms with Gasteiger partial charge in [-0.3, -0.25) is 19.3 Å². The van der Waals surface area contributed by atoms with Gasteiger partial charge in [-0.1, -0.05) is 57.2 Å². The maximum Gasteiger partial charge on any atom is 0.246 e. The number of rotatable bonds is 10. The minimum absolute atomic E-state index is 0.00277. The third-order valence-corrected chi connectivity index (χ3v) is 11.1. The van der Waals surface area contributed by atoms with Crippen LogP contribution < -0.4 is 21.3 Å². The van der Waals surface area contributed by atoms with Crippen molar-refractivity contribution in [3.05, 3.63) is 71.4 Å². The second-order valence-electron chi connectivity index (χ2n) is 15.2. The summed E-state index contributed by atoms with van der Waals surface area (Å²) < 4.78 is 0. The van der Waals surface area contributed by atoms with Crippen molar-refractivity contribution in [1.29, 1.82) is 0 Å². The lowest BCUT2D eigenvalue weighted by Crippen LogP contribution is -2.59. The van der Waals surface area contributed by atoms with E-state index in [4.69, 9.17) is 5.73 Å². The standard InChI is InChI=1S/C39H49N9O5S/c1-23(25-10-12-26(13-11-25)34-24(2)41-22-54-34)42-37(52)31-18-27(49)20-48(31)38(53)35(39(3,4)5)43-33(51)21-46-14-16-47(17-15-46)30-19-29(44-45-36(30)40)28-8-6-7-9-32(28)50/h6-13,19,22-23,27,31,35,49-50H,14-18,20-21H2,1-5H3,(H2,40,45)(H,42,52)(H,43,51)/t23-,27+,31-,35?/m0/s1. The molecule has 4 aromatic rings. The summed E-state index contributed by atoms with van der Waals surface area (Å²) in [4.78, 5) is 52.2. The van der Waals surface area contributed by atoms with Crippen LogP contribution in [0.3, 0.4) is 0 Å². The number of hydrogen-bond acceptors (Lipinski definition) is 12. The molecule has 286 valence electrons. The van der Waals surface area contributed by atoms with Crippen LogP contribution in [-0.4, -0.2) is 110 Å². The number of aliphatic hydroxyl groups is 1. The highest BCUT2D eigenvalue weighted by molar-refractivity contribution is 7.13. The number of likely N-dealkylation sites (tertiary alicyclic amines) is 1. The highest BCUT2D eigenvalue weighted by Crippen LogP contribution is 2.32. The number of phenols is 1. The van der Waals surface area contributed by atoms with Crippen LogP contribution in [0.5, 0.6) is 5.75 Å². The fourth-order valence-corrected chi connectivity index (χ4v) is 7.85. The van der Waals surface area contributed by atoms with Crippen molar-refractivity contribution >= 4 is 40.6 Å². The minimum Gasteiger partial charge on any atom is -0.507 e. The normalized spacial score (nSPS) is 19.0. The lowest BCUT2D eigenvalue weighted by atomic mass is 9.85. The number of phenolic OH excluding ortho intramolecular Hbond substituents is 1. The maximum absolute atomic E-state index is 14.2. The van der Waals surface area contributed by atoms with Crippen molar-refractivity contribution in [2.45, 2.75) is 65.3 Å². The average Bonchev–Trinajstić information content (AvgIpc) is 3.76. The zero-order chi connectivity index (χ0) is 38.7. The van der Waals surface area contributed by atoms with E-state index in [1.54, 1.807) is 29.5 Å². The van der Waals surface area contributed by atoms with Crippen molar-refractivity contribution in [2.75, 3.05) is 49.9 Å². The van der Waals surface area contributed by atoms with Gasteiger partial charge in [0.25, 0.3) is 0 Å². The number of hydrogen-bond donors (Lipinski definition) is 5. The average molecular weight is 756 g/mol. The summed E-state index contributed by atoms with van der Waals surface area (Å²) in [6.07, 6.45) is -0.761. The molecule has 2 saturated heterocycles. The summed E-state index contributed by atoms with van der Waals surface area (Å²) in [7, 11) is 0. The Morgan fingerprint density at radius 3 is 2.37 bits per heavy atom. The van der Waals surface area contributed by atoms with Crippen LogP contribution in [0, 0.1) is 12.3 Å². The summed E-state index contributed by atoms with van der Waals surface area (Å²) in [5.41, 5.74) is 12.0. The van der Waals surface area contributed by atoms with E-state index in [0.29, 0.717) is 43.1 Å². The largest absolute Gasteiger partial charge is 0.507 e. The van der Waals surface area contributed by atoms with Gasteiger partial charge in [0, 0.05) is 44.7 Å². The Hall–Kier alpha value is -5.12. The van der Waals surface area contributed by atoms with Gasteiger partial charge >= 0.3 is 0 Å². The molecule has 0 aliphatic carbocycles. The number of carbonyl (C=O) groups excluding carboxylic acids is 3. The number of nitrogens with zero attached hydrogens (tertiary/aromatic N) is 6. The Balaban J connectivity index is 1.06. The first-order valence-corrected chi connectivity index (χ1v) is 19.0. The molecule has 0 spiro atoms. The number of benzene rings is 2. The number of aromatic hydroxyl groups is 1. The van der Waals surface area contributed by atoms with Crippen LogP contribution in [0.2, 0.25) is 0 Å². The number of anilines is 2. The molecule has 6 rings (SSSR count). The molecule has 4 heterocycles. The number of aliphatic hydroxyl groups excluding tert-OH is 1. The van der Waals surface area contributed by atoms with Crippen LogP contribution in [0.25, 0.3) is 21.7 Å². The number of aromatic nitrogens is 3. The Bertz CT molecular complexity index is 1970. The molecule has 0 radical (unpaired) electrons. The number of thiazole rings is 1. The maximum atomic E-state index is 14.2. The molecule has 54 heavy (non-hydrogen) atoms. The predicted octanol–water partition coefficient (Wildman–Crippen LogP) is 3.36. The van der Waals surface area contributed by atoms with Crippen molar-refractivity contribution in [2.24, 2.45) is 5.41 Å². The van der Waals surface area contributed by atoms with Gasteiger partial charge in [-0.25, -0.2) is 4.98 Å². The molecule has 2 aromatic carbocycles. The summed E-state index contributed by atoms with van der Waals surface area (Å²) in [6.45, 7) is 11.8. The van der Waals surface area contributed by atoms with Crippen molar-refractivity contribution < 1.29 is 24.6 Å². The molecule has 2 aliphatic rings. The number of aryl methyl sites for hydroxylation is 1. The molecule has 0 saturated carbocycles. The van der Waals surface area contributed by atoms with Crippen LogP contribution in [0.1, 0.15) is 51.4 Å². The van der Waals surface area contributed by atoms with Gasteiger partial charge in [0.05, 0.1) is 46.2 Å². The first kappa shape index (κ1) is 38.6. The molecule has 6 N–H and O–H groups in total. The Kier molecular flexibility index (Phi) is 11.5. The van der Waals surface area contributed by atoms with Crippen molar-refractivity contribution in [3.63, 3.8) is 0 Å². The van der Waals surface area contributed by atoms with E-state index in [1.807, 2.05) is 81.4 Å². The Morgan fingerprint density at radius 1 is 1.02 bits per heavy atom. The number of nitrogens with two attached hydrogens (primary N) is 1. The SMILES string of the molecule is Cc1ncsc1-c1ccc([C@H](C)NC(=O)[C@@H]2C[C@@H](O)CN2C(=O)C(NC(=O)CN2CCN(c3cc(-c4ccccc4O)nnc3N)CC2)C(C)(C)C)cc1. The fraction of sp³-hybridized carbons (Fsp3) is 0.436. The number of piperazine rings is 1. The quantitative estimate of drug-likeness (QED) is 0.160. The smallest absolute Gasteiger partial charge is 0.246 e. The van der Waals surface area contributed by atoms with Gasteiger partial charge < -0.3 is 36.4 Å². The second-order valence-corrected chi connectivity index (χ2v) is 16.0. The third-order valence-electron chi connectivity index (χ3n) is 10.1. The number of β-amino-alcohol motifs (C(OH)–C–C–N with tert-alkyl or cyclic N) is 1. The van der Waals surface area contributed by atoms with E-state index in [-0.39, 0.29) is 48.9 Å². The topological polar surface area (TPSA) is 190 Å². The number of carbonyl (C=O) groups is 3. The molecule has 2 aliphatic heterocycles. The van der Waals surface area contributed by atoms with E-state index in [1.165, 1.54) is 4.90 Å². The monoisotopic (exact) mass is 755 g/mol. The fourth-order valence-electron chi connectivity index (χ4n) is 7.04. The Morgan fingerprint density at radius 2 is 1.72 bits per heavy atom. The molecular formula is C39H49N9O5S. The summed E-state index contributed by atoms with van der Waals surface area (Å²) in [5.74, 6) is -0.702. The first-order valence-electron chi connectivity index (χ1n) is 18.2. The zero-order valence-corrected chi connectivity index (χ0v) is 32.1. The summed E-state index contributed by atoms with van der Waals surface area (Å²) in [6, 6.07) is 14.5. The van der Waals surface area contributed by atoms with E-state index in [2.05, 4.69) is 30.7 Å². The van der Waals surface area contributed by atoms with Gasteiger partial charge in [0.15, 0.2) is 5.82 Å². The molecule has 3 amide bonds. The molecule has 2 aromatic heterocycles. The van der Waals surface area contributed by atoms with Crippen LogP contribution in [0.15, 0.2) is 60.1 Å².